The van der Waals surface area contributed by atoms with Crippen LogP contribution in [0.25, 0.3) is 12.2 Å². The Hall–Kier alpha value is -3.73. The molecule has 0 bridgehead atoms. The topological polar surface area (TPSA) is 245 Å². The van der Waals surface area contributed by atoms with Gasteiger partial charge in [-0.3, -0.25) is 29.1 Å². The van der Waals surface area contributed by atoms with Gasteiger partial charge < -0.3 is 49.1 Å². The smallest absolute Gasteiger partial charge is 0.243 e. The molecular formula is C28H49N11O4. The van der Waals surface area contributed by atoms with Crippen LogP contribution >= 0.6 is 0 Å². The lowest BCUT2D eigenvalue weighted by Crippen LogP contribution is -2.49. The fourth-order valence-corrected chi connectivity index (χ4v) is 4.21. The van der Waals surface area contributed by atoms with Crippen molar-refractivity contribution in [2.75, 3.05) is 83.9 Å². The number of carbonyl (C=O) groups excluding carboxylic acids is 4. The van der Waals surface area contributed by atoms with Crippen molar-refractivity contribution >= 4 is 41.5 Å². The number of nitrogens with one attached hydrogen (secondary N) is 2. The van der Waals surface area contributed by atoms with Gasteiger partial charge in [-0.05, 0) is 31.5 Å². The molecular weight excluding hydrogens is 554 g/mol. The molecule has 0 saturated heterocycles. The van der Waals surface area contributed by atoms with Gasteiger partial charge in [-0.1, -0.05) is 19.2 Å². The molecule has 0 spiro atoms. The first-order chi connectivity index (χ1) is 20.6. The Morgan fingerprint density at radius 1 is 0.860 bits per heavy atom. The Kier molecular flexibility index (Phi) is 18.2. The van der Waals surface area contributed by atoms with Crippen LogP contribution in [0.15, 0.2) is 25.4 Å². The molecule has 0 saturated carbocycles. The van der Waals surface area contributed by atoms with Gasteiger partial charge in [-0.25, -0.2) is 0 Å². The Balaban J connectivity index is 2.73. The van der Waals surface area contributed by atoms with Crippen molar-refractivity contribution in [1.29, 1.82) is 0 Å². The minimum Gasteiger partial charge on any atom is -0.346 e. The van der Waals surface area contributed by atoms with Crippen LogP contribution in [0.4, 0.5) is 5.69 Å². The molecule has 43 heavy (non-hydrogen) atoms. The second-order valence-electron chi connectivity index (χ2n) is 9.75. The first-order valence-electron chi connectivity index (χ1n) is 14.3. The minimum atomic E-state index is -0.904. The summed E-state index contributed by atoms with van der Waals surface area (Å²) < 4.78 is 0. The normalized spacial score (nSPS) is 11.5. The number of hydrogen-bond donors (Lipinski definition) is 7. The molecule has 1 atom stereocenters. The summed E-state index contributed by atoms with van der Waals surface area (Å²) in [5.74, 6) is -1.38. The molecule has 1 aromatic rings. The summed E-state index contributed by atoms with van der Waals surface area (Å²) in [5.41, 5.74) is 30.4. The average molecular weight is 604 g/mol. The first kappa shape index (κ1) is 37.3. The second-order valence-corrected chi connectivity index (χ2v) is 9.75. The molecule has 0 aliphatic rings. The quantitative estimate of drug-likeness (QED) is 0.0720. The van der Waals surface area contributed by atoms with Gasteiger partial charge in [0.05, 0.1) is 43.3 Å². The Labute approximate surface area is 253 Å². The maximum atomic E-state index is 13.0. The zero-order chi connectivity index (χ0) is 32.2. The van der Waals surface area contributed by atoms with Crippen molar-refractivity contribution in [3.8, 4) is 0 Å². The highest BCUT2D eigenvalue weighted by molar-refractivity contribution is 5.95. The lowest BCUT2D eigenvalue weighted by atomic mass is 10.1. The number of amides is 4. The highest BCUT2D eigenvalue weighted by Gasteiger charge is 2.22. The number of anilines is 1. The van der Waals surface area contributed by atoms with Crippen LogP contribution in [0.5, 0.6) is 0 Å². The number of nitrogens with zero attached hydrogens (tertiary/aromatic N) is 4. The van der Waals surface area contributed by atoms with E-state index in [2.05, 4.69) is 28.8 Å². The number of aromatic nitrogens is 1. The maximum Gasteiger partial charge on any atom is 0.243 e. The predicted octanol–water partition coefficient (Wildman–Crippen LogP) is -2.68. The van der Waals surface area contributed by atoms with Gasteiger partial charge >= 0.3 is 0 Å². The van der Waals surface area contributed by atoms with Gasteiger partial charge in [-0.15, -0.1) is 0 Å². The van der Waals surface area contributed by atoms with E-state index in [9.17, 15) is 19.2 Å². The molecule has 4 amide bonds. The van der Waals surface area contributed by atoms with Crippen LogP contribution in [-0.2, 0) is 19.2 Å². The SMILES string of the molecule is C=Cc1cc(NC(=O)CNC(=O)C(N)CCCN(CC(=O)N(CCN)CCN)CC(=O)N(CCN)CCN)cnc1C=C. The van der Waals surface area contributed by atoms with Crippen LogP contribution < -0.4 is 39.3 Å². The summed E-state index contributed by atoms with van der Waals surface area (Å²) in [5, 5.41) is 5.19. The van der Waals surface area contributed by atoms with E-state index >= 15 is 0 Å². The summed E-state index contributed by atoms with van der Waals surface area (Å²) in [6, 6.07) is 0.791. The molecule has 0 radical (unpaired) electrons. The number of hydrogen-bond acceptors (Lipinski definition) is 11. The van der Waals surface area contributed by atoms with Crippen molar-refractivity contribution in [3.05, 3.63) is 36.7 Å². The summed E-state index contributed by atoms with van der Waals surface area (Å²) in [7, 11) is 0. The van der Waals surface area contributed by atoms with Crippen LogP contribution in [0.3, 0.4) is 0 Å². The molecule has 0 aliphatic heterocycles. The Morgan fingerprint density at radius 3 is 1.86 bits per heavy atom. The highest BCUT2D eigenvalue weighted by atomic mass is 16.2. The van der Waals surface area contributed by atoms with E-state index < -0.39 is 17.9 Å². The zero-order valence-electron chi connectivity index (χ0n) is 25.0. The second kappa shape index (κ2) is 21.0. The predicted molar refractivity (Wildman–Crippen MR) is 169 cm³/mol. The monoisotopic (exact) mass is 603 g/mol. The third-order valence-electron chi connectivity index (χ3n) is 6.42. The van der Waals surface area contributed by atoms with Crippen molar-refractivity contribution < 1.29 is 19.2 Å². The molecule has 240 valence electrons. The lowest BCUT2D eigenvalue weighted by molar-refractivity contribution is -0.135. The molecule has 0 fully saturated rings. The van der Waals surface area contributed by atoms with Crippen LogP contribution in [0.2, 0.25) is 0 Å². The Bertz CT molecular complexity index is 1030. The van der Waals surface area contributed by atoms with E-state index in [4.69, 9.17) is 28.7 Å². The molecule has 1 heterocycles. The van der Waals surface area contributed by atoms with Gasteiger partial charge in [0, 0.05) is 57.9 Å². The van der Waals surface area contributed by atoms with Crippen molar-refractivity contribution in [1.82, 2.24) is 25.0 Å². The van der Waals surface area contributed by atoms with Gasteiger partial charge in [0.1, 0.15) is 0 Å². The van der Waals surface area contributed by atoms with Crippen LogP contribution in [-0.4, -0.2) is 128 Å². The van der Waals surface area contributed by atoms with Crippen LogP contribution in [0.1, 0.15) is 24.1 Å². The Morgan fingerprint density at radius 2 is 1.40 bits per heavy atom. The van der Waals surface area contributed by atoms with E-state index in [0.29, 0.717) is 56.1 Å². The van der Waals surface area contributed by atoms with Crippen molar-refractivity contribution in [3.63, 3.8) is 0 Å². The van der Waals surface area contributed by atoms with Gasteiger partial charge in [0.15, 0.2) is 0 Å². The minimum absolute atomic E-state index is 0.0390. The number of rotatable bonds is 22. The van der Waals surface area contributed by atoms with E-state index in [-0.39, 0.29) is 64.0 Å². The van der Waals surface area contributed by atoms with E-state index in [1.54, 1.807) is 32.9 Å². The third kappa shape index (κ3) is 13.9. The summed E-state index contributed by atoms with van der Waals surface area (Å²) >= 11 is 0. The van der Waals surface area contributed by atoms with Crippen molar-refractivity contribution in [2.45, 2.75) is 18.9 Å². The molecule has 12 N–H and O–H groups in total. The maximum absolute atomic E-state index is 13.0. The third-order valence-corrected chi connectivity index (χ3v) is 6.42. The fraction of sp³-hybridized carbons (Fsp3) is 0.536. The van der Waals surface area contributed by atoms with E-state index in [0.717, 1.165) is 0 Å². The standard InChI is InChI=1S/C28H49N11O4/c1-3-21-16-22(17-34-24(21)4-2)36-25(40)18-35-28(43)23(33)6-5-11-37(19-26(41)38(12-7-29)13-8-30)20-27(42)39(14-9-31)15-10-32/h3-4,16-17,23H,1-2,5-15,18-20,29-33H2,(H,35,43)(H,36,40). The van der Waals surface area contributed by atoms with Crippen LogP contribution in [0, 0.1) is 0 Å². The molecule has 1 unspecified atom stereocenters. The molecule has 1 aromatic heterocycles. The fourth-order valence-electron chi connectivity index (χ4n) is 4.21. The van der Waals surface area contributed by atoms with Crippen molar-refractivity contribution in [2.24, 2.45) is 28.7 Å². The highest BCUT2D eigenvalue weighted by Crippen LogP contribution is 2.15. The largest absolute Gasteiger partial charge is 0.346 e. The van der Waals surface area contributed by atoms with Gasteiger partial charge in [-0.2, -0.15) is 0 Å². The van der Waals surface area contributed by atoms with Gasteiger partial charge in [0.25, 0.3) is 0 Å². The molecule has 1 rings (SSSR count). The van der Waals surface area contributed by atoms with Gasteiger partial charge in [0.2, 0.25) is 23.6 Å². The average Bonchev–Trinajstić information content (AvgIpc) is 2.99. The molecule has 0 aromatic carbocycles. The lowest BCUT2D eigenvalue weighted by Gasteiger charge is -2.29. The molecule has 15 nitrogen and oxygen atoms in total. The number of nitrogens with two attached hydrogens (primary N) is 5. The number of pyridine rings is 1. The summed E-state index contributed by atoms with van der Waals surface area (Å²) in [6.45, 7) is 9.84. The van der Waals surface area contributed by atoms with E-state index in [1.807, 2.05) is 0 Å². The summed E-state index contributed by atoms with van der Waals surface area (Å²) in [6.07, 6.45) is 5.32. The number of carbonyl (C=O) groups is 4. The molecule has 0 aliphatic carbocycles. The zero-order valence-corrected chi connectivity index (χ0v) is 25.0. The summed E-state index contributed by atoms with van der Waals surface area (Å²) in [4.78, 5) is 59.8. The van der Waals surface area contributed by atoms with E-state index in [1.165, 1.54) is 6.20 Å². The first-order valence-corrected chi connectivity index (χ1v) is 14.3. The molecule has 15 heteroatoms.